The van der Waals surface area contributed by atoms with Crippen molar-refractivity contribution in [3.8, 4) is 0 Å². The van der Waals surface area contributed by atoms with Crippen molar-refractivity contribution < 1.29 is 24.2 Å². The molecule has 0 bridgehead atoms. The van der Waals surface area contributed by atoms with Crippen LogP contribution in [0.3, 0.4) is 0 Å². The molecule has 0 aromatic carbocycles. The van der Waals surface area contributed by atoms with Gasteiger partial charge in [-0.1, -0.05) is 0 Å². The van der Waals surface area contributed by atoms with Crippen LogP contribution in [0.5, 0.6) is 0 Å². The lowest BCUT2D eigenvalue weighted by molar-refractivity contribution is -0.131. The fourth-order valence-electron chi connectivity index (χ4n) is 1.06. The van der Waals surface area contributed by atoms with Gasteiger partial charge in [-0.3, -0.25) is 9.59 Å². The Morgan fingerprint density at radius 2 is 2.19 bits per heavy atom. The molecule has 0 saturated carbocycles. The van der Waals surface area contributed by atoms with Crippen LogP contribution in [-0.4, -0.2) is 33.5 Å². The van der Waals surface area contributed by atoms with Crippen LogP contribution in [0.4, 0.5) is 4.39 Å². The zero-order valence-electron chi connectivity index (χ0n) is 8.00. The minimum Gasteiger partial charge on any atom is -0.385 e. The lowest BCUT2D eigenvalue weighted by Crippen LogP contribution is -2.34. The number of pyridine rings is 1. The molecule has 0 aliphatic carbocycles. The number of aldehydes is 1. The van der Waals surface area contributed by atoms with E-state index in [9.17, 15) is 19.1 Å². The molecule has 4 N–H and O–H groups in total. The summed E-state index contributed by atoms with van der Waals surface area (Å²) in [5, 5.41) is 18.6. The van der Waals surface area contributed by atoms with Crippen LogP contribution in [0, 0.1) is 5.95 Å². The first-order valence-electron chi connectivity index (χ1n) is 4.23. The van der Waals surface area contributed by atoms with Crippen molar-refractivity contribution in [2.45, 2.75) is 12.2 Å². The van der Waals surface area contributed by atoms with Gasteiger partial charge >= 0.3 is 0 Å². The lowest BCUT2D eigenvalue weighted by Gasteiger charge is -2.14. The van der Waals surface area contributed by atoms with Gasteiger partial charge in [0.05, 0.1) is 5.56 Å². The molecule has 1 rings (SSSR count). The summed E-state index contributed by atoms with van der Waals surface area (Å²) in [6.45, 7) is 0. The molecule has 1 aromatic rings. The van der Waals surface area contributed by atoms with E-state index >= 15 is 0 Å². The van der Waals surface area contributed by atoms with E-state index in [1.807, 2.05) is 0 Å². The first-order chi connectivity index (χ1) is 7.47. The minimum absolute atomic E-state index is 0.0743. The van der Waals surface area contributed by atoms with E-state index in [2.05, 4.69) is 4.98 Å². The average molecular weight is 228 g/mol. The second-order valence-electron chi connectivity index (χ2n) is 3.06. The molecule has 16 heavy (non-hydrogen) atoms. The zero-order valence-corrected chi connectivity index (χ0v) is 8.00. The van der Waals surface area contributed by atoms with Gasteiger partial charge in [0.15, 0.2) is 12.4 Å². The van der Waals surface area contributed by atoms with E-state index < -0.39 is 24.1 Å². The molecule has 0 fully saturated rings. The SMILES string of the molecule is NC(=O)C(O)C(O)c1cnc(F)c(C=O)c1. The standard InChI is InChI=1S/C9H9FN2O4/c10-8-5(3-13)1-4(2-12-8)6(14)7(15)9(11)16/h1-3,6-7,14-15H,(H2,11,16). The third-order valence-corrected chi connectivity index (χ3v) is 1.95. The maximum atomic E-state index is 12.8. The van der Waals surface area contributed by atoms with Crippen LogP contribution in [0.15, 0.2) is 12.3 Å². The Bertz CT molecular complexity index is 424. The van der Waals surface area contributed by atoms with E-state index in [-0.39, 0.29) is 17.4 Å². The van der Waals surface area contributed by atoms with Crippen LogP contribution in [0.25, 0.3) is 0 Å². The molecule has 0 radical (unpaired) electrons. The third kappa shape index (κ3) is 2.38. The average Bonchev–Trinajstić information content (AvgIpc) is 2.27. The van der Waals surface area contributed by atoms with Gasteiger partial charge in [-0.25, -0.2) is 4.98 Å². The second kappa shape index (κ2) is 4.77. The number of rotatable bonds is 4. The van der Waals surface area contributed by atoms with E-state index in [1.165, 1.54) is 0 Å². The molecular formula is C9H9FN2O4. The molecule has 0 spiro atoms. The predicted molar refractivity (Wildman–Crippen MR) is 49.7 cm³/mol. The summed E-state index contributed by atoms with van der Waals surface area (Å²) in [4.78, 5) is 24.2. The maximum absolute atomic E-state index is 12.8. The maximum Gasteiger partial charge on any atom is 0.249 e. The Balaban J connectivity index is 3.05. The minimum atomic E-state index is -1.84. The zero-order chi connectivity index (χ0) is 12.3. The van der Waals surface area contributed by atoms with Crippen molar-refractivity contribution in [2.24, 2.45) is 5.73 Å². The predicted octanol–water partition coefficient (Wildman–Crippen LogP) is -1.09. The van der Waals surface area contributed by atoms with Crippen molar-refractivity contribution >= 4 is 12.2 Å². The van der Waals surface area contributed by atoms with E-state index in [1.54, 1.807) is 0 Å². The highest BCUT2D eigenvalue weighted by Crippen LogP contribution is 2.17. The first kappa shape index (κ1) is 12.2. The van der Waals surface area contributed by atoms with Gasteiger partial charge in [-0.15, -0.1) is 0 Å². The number of aliphatic hydroxyl groups is 2. The van der Waals surface area contributed by atoms with Gasteiger partial charge in [-0.05, 0) is 6.07 Å². The van der Waals surface area contributed by atoms with Crippen molar-refractivity contribution in [1.82, 2.24) is 4.98 Å². The molecule has 7 heteroatoms. The van der Waals surface area contributed by atoms with Crippen LogP contribution in [0.2, 0.25) is 0 Å². The number of nitrogens with zero attached hydrogens (tertiary/aromatic N) is 1. The third-order valence-electron chi connectivity index (χ3n) is 1.95. The van der Waals surface area contributed by atoms with Crippen LogP contribution >= 0.6 is 0 Å². The van der Waals surface area contributed by atoms with E-state index in [0.717, 1.165) is 12.3 Å². The van der Waals surface area contributed by atoms with Gasteiger partial charge < -0.3 is 15.9 Å². The number of aromatic nitrogens is 1. The first-order valence-corrected chi connectivity index (χ1v) is 4.23. The number of aliphatic hydroxyl groups excluding tert-OH is 2. The number of primary amides is 1. The van der Waals surface area contributed by atoms with Crippen LogP contribution < -0.4 is 5.73 Å². The summed E-state index contributed by atoms with van der Waals surface area (Å²) in [5.41, 5.74) is 4.31. The van der Waals surface area contributed by atoms with E-state index in [4.69, 9.17) is 10.8 Å². The summed E-state index contributed by atoms with van der Waals surface area (Å²) in [5.74, 6) is -2.14. The number of nitrogens with two attached hydrogens (primary N) is 1. The Morgan fingerprint density at radius 3 is 2.69 bits per heavy atom. The van der Waals surface area contributed by atoms with Gasteiger partial charge in [0.1, 0.15) is 6.10 Å². The highest BCUT2D eigenvalue weighted by atomic mass is 19.1. The molecule has 1 amide bonds. The summed E-state index contributed by atoms with van der Waals surface area (Å²) >= 11 is 0. The molecule has 0 aliphatic heterocycles. The largest absolute Gasteiger partial charge is 0.385 e. The van der Waals surface area contributed by atoms with Crippen molar-refractivity contribution in [3.63, 3.8) is 0 Å². The molecule has 86 valence electrons. The summed E-state index contributed by atoms with van der Waals surface area (Å²) < 4.78 is 12.8. The van der Waals surface area contributed by atoms with Crippen molar-refractivity contribution in [1.29, 1.82) is 0 Å². The molecular weight excluding hydrogens is 219 g/mol. The molecule has 2 unspecified atom stereocenters. The summed E-state index contributed by atoms with van der Waals surface area (Å²) in [7, 11) is 0. The second-order valence-corrected chi connectivity index (χ2v) is 3.06. The van der Waals surface area contributed by atoms with Gasteiger partial charge in [0.25, 0.3) is 0 Å². The topological polar surface area (TPSA) is 114 Å². The Hall–Kier alpha value is -1.86. The highest BCUT2D eigenvalue weighted by molar-refractivity contribution is 5.79. The quantitative estimate of drug-likeness (QED) is 0.447. The summed E-state index contributed by atoms with van der Waals surface area (Å²) in [6, 6.07) is 0.978. The van der Waals surface area contributed by atoms with Gasteiger partial charge in [-0.2, -0.15) is 4.39 Å². The number of hydrogen-bond acceptors (Lipinski definition) is 5. The highest BCUT2D eigenvalue weighted by Gasteiger charge is 2.24. The Labute approximate surface area is 89.5 Å². The molecule has 1 aromatic heterocycles. The van der Waals surface area contributed by atoms with Crippen LogP contribution in [-0.2, 0) is 4.79 Å². The fourth-order valence-corrected chi connectivity index (χ4v) is 1.06. The smallest absolute Gasteiger partial charge is 0.249 e. The monoisotopic (exact) mass is 228 g/mol. The molecule has 0 aliphatic rings. The van der Waals surface area contributed by atoms with Crippen molar-refractivity contribution in [3.05, 3.63) is 29.3 Å². The van der Waals surface area contributed by atoms with Gasteiger partial charge in [0, 0.05) is 11.8 Å². The fraction of sp³-hybridized carbons (Fsp3) is 0.222. The number of hydrogen-bond donors (Lipinski definition) is 3. The van der Waals surface area contributed by atoms with Crippen LogP contribution in [0.1, 0.15) is 22.0 Å². The Kier molecular flexibility index (Phi) is 3.64. The number of carbonyl (C=O) groups excluding carboxylic acids is 2. The Morgan fingerprint density at radius 1 is 1.56 bits per heavy atom. The van der Waals surface area contributed by atoms with Gasteiger partial charge in [0.2, 0.25) is 11.9 Å². The normalized spacial score (nSPS) is 14.2. The number of carbonyl (C=O) groups is 2. The summed E-state index contributed by atoms with van der Waals surface area (Å²) in [6.07, 6.45) is -2.38. The lowest BCUT2D eigenvalue weighted by atomic mass is 10.0. The number of amides is 1. The van der Waals surface area contributed by atoms with E-state index in [0.29, 0.717) is 0 Å². The molecule has 6 nitrogen and oxygen atoms in total. The molecule has 2 atom stereocenters. The molecule has 0 saturated heterocycles. The van der Waals surface area contributed by atoms with Crippen molar-refractivity contribution in [2.75, 3.05) is 0 Å². The molecule has 1 heterocycles. The number of halogens is 1.